The van der Waals surface area contributed by atoms with Crippen molar-refractivity contribution >= 4 is 17.4 Å². The summed E-state index contributed by atoms with van der Waals surface area (Å²) in [5.74, 6) is 0.495. The van der Waals surface area contributed by atoms with Crippen LogP contribution in [0, 0.1) is 12.7 Å². The molecule has 0 N–H and O–H groups in total. The lowest BCUT2D eigenvalue weighted by Crippen LogP contribution is -1.86. The highest BCUT2D eigenvalue weighted by Gasteiger charge is 2.06. The minimum atomic E-state index is -0.174. The summed E-state index contributed by atoms with van der Waals surface area (Å²) in [6.45, 7) is 2.04. The zero-order chi connectivity index (χ0) is 13.2. The highest BCUT2D eigenvalue weighted by molar-refractivity contribution is 7.98. The normalized spacial score (nSPS) is 11.1. The SMILES string of the molecule is Cc1cccc2nc(CSc3ccccc3F)cn12. The summed E-state index contributed by atoms with van der Waals surface area (Å²) >= 11 is 1.47. The maximum atomic E-state index is 13.5. The Morgan fingerprint density at radius 2 is 2.00 bits per heavy atom. The fourth-order valence-corrected chi connectivity index (χ4v) is 2.81. The van der Waals surface area contributed by atoms with E-state index in [0.29, 0.717) is 10.6 Å². The summed E-state index contributed by atoms with van der Waals surface area (Å²) in [4.78, 5) is 5.20. The van der Waals surface area contributed by atoms with E-state index in [1.54, 1.807) is 12.1 Å². The number of imidazole rings is 1. The largest absolute Gasteiger partial charge is 0.304 e. The van der Waals surface area contributed by atoms with E-state index in [1.165, 1.54) is 17.8 Å². The number of rotatable bonds is 3. The summed E-state index contributed by atoms with van der Waals surface area (Å²) in [6.07, 6.45) is 2.01. The van der Waals surface area contributed by atoms with Gasteiger partial charge in [-0.05, 0) is 31.2 Å². The van der Waals surface area contributed by atoms with E-state index in [2.05, 4.69) is 9.38 Å². The number of aromatic nitrogens is 2. The molecule has 0 radical (unpaired) electrons. The van der Waals surface area contributed by atoms with Crippen molar-refractivity contribution in [3.8, 4) is 0 Å². The molecule has 0 spiro atoms. The number of nitrogens with zero attached hydrogens (tertiary/aromatic N) is 2. The topological polar surface area (TPSA) is 17.3 Å². The fourth-order valence-electron chi connectivity index (χ4n) is 1.98. The van der Waals surface area contributed by atoms with Gasteiger partial charge in [-0.1, -0.05) is 18.2 Å². The Bertz CT molecular complexity index is 721. The molecule has 2 heterocycles. The minimum Gasteiger partial charge on any atom is -0.304 e. The Kier molecular flexibility index (Phi) is 3.25. The first-order chi connectivity index (χ1) is 9.24. The zero-order valence-electron chi connectivity index (χ0n) is 10.5. The Morgan fingerprint density at radius 1 is 1.16 bits per heavy atom. The lowest BCUT2D eigenvalue weighted by molar-refractivity contribution is 0.602. The Labute approximate surface area is 115 Å². The fraction of sp³-hybridized carbons (Fsp3) is 0.133. The minimum absolute atomic E-state index is 0.174. The van der Waals surface area contributed by atoms with Gasteiger partial charge in [0.15, 0.2) is 0 Å². The molecule has 19 heavy (non-hydrogen) atoms. The van der Waals surface area contributed by atoms with Crippen molar-refractivity contribution in [3.63, 3.8) is 0 Å². The van der Waals surface area contributed by atoms with Crippen molar-refractivity contribution in [2.24, 2.45) is 0 Å². The van der Waals surface area contributed by atoms with Gasteiger partial charge in [0.1, 0.15) is 11.5 Å². The van der Waals surface area contributed by atoms with Gasteiger partial charge in [-0.2, -0.15) is 0 Å². The average Bonchev–Trinajstić information content (AvgIpc) is 2.82. The van der Waals surface area contributed by atoms with Crippen molar-refractivity contribution in [1.29, 1.82) is 0 Å². The molecule has 0 aliphatic rings. The number of aryl methyl sites for hydroxylation is 1. The van der Waals surface area contributed by atoms with Crippen LogP contribution in [0.3, 0.4) is 0 Å². The first-order valence-electron chi connectivity index (χ1n) is 6.05. The molecule has 0 saturated heterocycles. The lowest BCUT2D eigenvalue weighted by Gasteiger charge is -2.00. The third-order valence-electron chi connectivity index (χ3n) is 2.96. The maximum absolute atomic E-state index is 13.5. The zero-order valence-corrected chi connectivity index (χ0v) is 11.3. The molecule has 0 unspecified atom stereocenters. The number of thioether (sulfide) groups is 1. The van der Waals surface area contributed by atoms with Crippen molar-refractivity contribution < 1.29 is 4.39 Å². The molecule has 0 bridgehead atoms. The summed E-state index contributed by atoms with van der Waals surface area (Å²) < 4.78 is 15.6. The predicted octanol–water partition coefficient (Wildman–Crippen LogP) is 4.07. The second-order valence-corrected chi connectivity index (χ2v) is 5.36. The number of halogens is 1. The van der Waals surface area contributed by atoms with Crippen LogP contribution >= 0.6 is 11.8 Å². The van der Waals surface area contributed by atoms with E-state index in [0.717, 1.165) is 17.0 Å². The monoisotopic (exact) mass is 272 g/mol. The van der Waals surface area contributed by atoms with E-state index < -0.39 is 0 Å². The van der Waals surface area contributed by atoms with Crippen LogP contribution in [-0.4, -0.2) is 9.38 Å². The van der Waals surface area contributed by atoms with Crippen LogP contribution in [0.2, 0.25) is 0 Å². The van der Waals surface area contributed by atoms with Gasteiger partial charge in [0.2, 0.25) is 0 Å². The Morgan fingerprint density at radius 3 is 2.79 bits per heavy atom. The highest BCUT2D eigenvalue weighted by Crippen LogP contribution is 2.25. The number of benzene rings is 1. The second-order valence-electron chi connectivity index (χ2n) is 4.35. The third-order valence-corrected chi connectivity index (χ3v) is 4.04. The maximum Gasteiger partial charge on any atom is 0.137 e. The van der Waals surface area contributed by atoms with Crippen LogP contribution in [0.1, 0.15) is 11.4 Å². The van der Waals surface area contributed by atoms with E-state index in [-0.39, 0.29) is 5.82 Å². The van der Waals surface area contributed by atoms with Gasteiger partial charge in [-0.25, -0.2) is 9.37 Å². The summed E-state index contributed by atoms with van der Waals surface area (Å²) in [5.41, 5.74) is 3.04. The van der Waals surface area contributed by atoms with E-state index in [9.17, 15) is 4.39 Å². The van der Waals surface area contributed by atoms with Gasteiger partial charge in [-0.3, -0.25) is 0 Å². The smallest absolute Gasteiger partial charge is 0.137 e. The highest BCUT2D eigenvalue weighted by atomic mass is 32.2. The average molecular weight is 272 g/mol. The lowest BCUT2D eigenvalue weighted by atomic mass is 10.3. The molecule has 0 aliphatic heterocycles. The van der Waals surface area contributed by atoms with Crippen LogP contribution in [0.4, 0.5) is 4.39 Å². The number of hydrogen-bond acceptors (Lipinski definition) is 2. The van der Waals surface area contributed by atoms with Crippen molar-refractivity contribution in [2.75, 3.05) is 0 Å². The summed E-state index contributed by atoms with van der Waals surface area (Å²) in [7, 11) is 0. The number of hydrogen-bond donors (Lipinski definition) is 0. The summed E-state index contributed by atoms with van der Waals surface area (Å²) in [5, 5.41) is 0. The quantitative estimate of drug-likeness (QED) is 0.668. The van der Waals surface area contributed by atoms with Gasteiger partial charge < -0.3 is 4.40 Å². The molecule has 2 nitrogen and oxygen atoms in total. The number of pyridine rings is 1. The van der Waals surface area contributed by atoms with Crippen molar-refractivity contribution in [3.05, 3.63) is 65.9 Å². The molecular formula is C15H13FN2S. The van der Waals surface area contributed by atoms with Gasteiger partial charge in [0.25, 0.3) is 0 Å². The molecule has 0 amide bonds. The van der Waals surface area contributed by atoms with Gasteiger partial charge >= 0.3 is 0 Å². The third kappa shape index (κ3) is 2.49. The molecular weight excluding hydrogens is 259 g/mol. The number of fused-ring (bicyclic) bond motifs is 1. The molecule has 0 fully saturated rings. The van der Waals surface area contributed by atoms with Crippen LogP contribution in [0.25, 0.3) is 5.65 Å². The van der Waals surface area contributed by atoms with E-state index in [4.69, 9.17) is 0 Å². The molecule has 2 aromatic heterocycles. The van der Waals surface area contributed by atoms with Crippen LogP contribution in [0.5, 0.6) is 0 Å². The van der Waals surface area contributed by atoms with E-state index >= 15 is 0 Å². The van der Waals surface area contributed by atoms with Crippen LogP contribution in [0.15, 0.2) is 53.6 Å². The predicted molar refractivity (Wildman–Crippen MR) is 75.9 cm³/mol. The molecule has 3 aromatic rings. The van der Waals surface area contributed by atoms with Crippen molar-refractivity contribution in [1.82, 2.24) is 9.38 Å². The second kappa shape index (κ2) is 5.05. The van der Waals surface area contributed by atoms with Gasteiger partial charge in [0.05, 0.1) is 5.69 Å². The molecule has 0 atom stereocenters. The first-order valence-corrected chi connectivity index (χ1v) is 7.03. The molecule has 4 heteroatoms. The first kappa shape index (κ1) is 12.2. The summed E-state index contributed by atoms with van der Waals surface area (Å²) in [6, 6.07) is 12.8. The van der Waals surface area contributed by atoms with Gasteiger partial charge in [0, 0.05) is 22.5 Å². The van der Waals surface area contributed by atoms with E-state index in [1.807, 2.05) is 37.4 Å². The standard InChI is InChI=1S/C15H13FN2S/c1-11-5-4-8-15-17-12(9-18(11)15)10-19-14-7-3-2-6-13(14)16/h2-9H,10H2,1H3. The van der Waals surface area contributed by atoms with Crippen molar-refractivity contribution in [2.45, 2.75) is 17.6 Å². The van der Waals surface area contributed by atoms with Crippen LogP contribution < -0.4 is 0 Å². The van der Waals surface area contributed by atoms with Crippen LogP contribution in [-0.2, 0) is 5.75 Å². The van der Waals surface area contributed by atoms with Gasteiger partial charge in [-0.15, -0.1) is 11.8 Å². The molecule has 0 saturated carbocycles. The molecule has 96 valence electrons. The molecule has 1 aromatic carbocycles. The molecule has 0 aliphatic carbocycles. The Hall–Kier alpha value is -1.81. The molecule has 3 rings (SSSR count). The Balaban J connectivity index is 1.83.